The van der Waals surface area contributed by atoms with Gasteiger partial charge in [0.1, 0.15) is 0 Å². The minimum atomic E-state index is -0.947. The molecule has 106 valence electrons. The molecule has 0 spiro atoms. The van der Waals surface area contributed by atoms with E-state index in [2.05, 4.69) is 30.9 Å². The monoisotopic (exact) mass is 274 g/mol. The Labute approximate surface area is 117 Å². The summed E-state index contributed by atoms with van der Waals surface area (Å²) >= 11 is 0. The zero-order valence-corrected chi connectivity index (χ0v) is 11.9. The molecule has 2 heterocycles. The molecule has 0 aromatic carbocycles. The number of carboxylic acids is 1. The molecule has 0 atom stereocenters. The first-order chi connectivity index (χ1) is 9.35. The van der Waals surface area contributed by atoms with Gasteiger partial charge in [-0.15, -0.1) is 0 Å². The van der Waals surface area contributed by atoms with E-state index in [9.17, 15) is 9.90 Å². The number of pyridine rings is 1. The van der Waals surface area contributed by atoms with Crippen molar-refractivity contribution in [2.75, 3.05) is 0 Å². The van der Waals surface area contributed by atoms with Crippen LogP contribution in [-0.4, -0.2) is 21.2 Å². The van der Waals surface area contributed by atoms with Gasteiger partial charge >= 0.3 is 5.97 Å². The lowest BCUT2D eigenvalue weighted by atomic mass is 9.89. The molecule has 1 N–H and O–H groups in total. The van der Waals surface area contributed by atoms with Gasteiger partial charge in [0.25, 0.3) is 5.71 Å². The van der Waals surface area contributed by atoms with Crippen LogP contribution in [0.4, 0.5) is 0 Å². The molecular weight excluding hydrogens is 256 g/mol. The fraction of sp³-hybridized carbons (Fsp3) is 0.533. The predicted molar refractivity (Wildman–Crippen MR) is 73.9 cm³/mol. The lowest BCUT2D eigenvalue weighted by Gasteiger charge is -2.16. The van der Waals surface area contributed by atoms with Crippen LogP contribution in [-0.2, 0) is 6.42 Å². The largest absolute Gasteiger partial charge is 0.478 e. The van der Waals surface area contributed by atoms with E-state index in [0.717, 1.165) is 18.5 Å². The van der Waals surface area contributed by atoms with Gasteiger partial charge in [-0.05, 0) is 30.7 Å². The molecule has 0 amide bonds. The van der Waals surface area contributed by atoms with Crippen molar-refractivity contribution in [2.24, 2.45) is 5.41 Å². The van der Waals surface area contributed by atoms with Gasteiger partial charge in [-0.1, -0.05) is 25.9 Å². The van der Waals surface area contributed by atoms with Gasteiger partial charge in [0.15, 0.2) is 0 Å². The van der Waals surface area contributed by atoms with E-state index in [-0.39, 0.29) is 11.0 Å². The number of aromatic carboxylic acids is 1. The van der Waals surface area contributed by atoms with Crippen LogP contribution < -0.4 is 0 Å². The van der Waals surface area contributed by atoms with Gasteiger partial charge in [0.05, 0.1) is 16.6 Å². The fourth-order valence-electron chi connectivity index (χ4n) is 2.41. The van der Waals surface area contributed by atoms with Crippen LogP contribution in [0.3, 0.4) is 0 Å². The van der Waals surface area contributed by atoms with Crippen LogP contribution in [0.15, 0.2) is 10.6 Å². The highest BCUT2D eigenvalue weighted by Crippen LogP contribution is 2.40. The van der Waals surface area contributed by atoms with Crippen molar-refractivity contribution in [3.05, 3.63) is 23.0 Å². The van der Waals surface area contributed by atoms with E-state index >= 15 is 0 Å². The lowest BCUT2D eigenvalue weighted by Crippen LogP contribution is -2.11. The molecule has 1 saturated carbocycles. The molecule has 5 nitrogen and oxygen atoms in total. The smallest absolute Gasteiger partial charge is 0.336 e. The molecule has 2 aromatic heterocycles. The number of aromatic nitrogens is 2. The molecule has 0 saturated heterocycles. The Balaban J connectivity index is 2.17. The Kier molecular flexibility index (Phi) is 2.81. The van der Waals surface area contributed by atoms with E-state index < -0.39 is 5.97 Å². The maximum absolute atomic E-state index is 11.5. The van der Waals surface area contributed by atoms with Crippen LogP contribution in [0.2, 0.25) is 0 Å². The minimum absolute atomic E-state index is 0.00867. The topological polar surface area (TPSA) is 76.2 Å². The van der Waals surface area contributed by atoms with Gasteiger partial charge in [-0.2, -0.15) is 0 Å². The highest BCUT2D eigenvalue weighted by molar-refractivity contribution is 6.02. The van der Waals surface area contributed by atoms with Crippen molar-refractivity contribution in [1.82, 2.24) is 10.1 Å². The summed E-state index contributed by atoms with van der Waals surface area (Å²) in [5.41, 5.74) is 2.12. The standard InChI is InChI=1S/C15H18N2O3/c1-15(2,3)7-11-12-9(14(18)19)6-10(8-4-5-8)16-13(12)20-17-11/h6,8H,4-5,7H2,1-3H3,(H,18,19). The Morgan fingerprint density at radius 1 is 1.45 bits per heavy atom. The van der Waals surface area contributed by atoms with Gasteiger partial charge in [0.2, 0.25) is 0 Å². The maximum atomic E-state index is 11.5. The number of nitrogens with zero attached hydrogens (tertiary/aromatic N) is 2. The zero-order valence-electron chi connectivity index (χ0n) is 11.9. The zero-order chi connectivity index (χ0) is 14.5. The summed E-state index contributed by atoms with van der Waals surface area (Å²) in [5, 5.41) is 14.0. The Bertz CT molecular complexity index is 678. The van der Waals surface area contributed by atoms with Crippen LogP contribution in [0, 0.1) is 5.41 Å². The van der Waals surface area contributed by atoms with E-state index in [4.69, 9.17) is 4.52 Å². The molecule has 20 heavy (non-hydrogen) atoms. The van der Waals surface area contributed by atoms with Gasteiger partial charge in [-0.25, -0.2) is 9.78 Å². The van der Waals surface area contributed by atoms with Crippen LogP contribution in [0.5, 0.6) is 0 Å². The van der Waals surface area contributed by atoms with E-state index in [1.807, 2.05) is 0 Å². The first-order valence-corrected chi connectivity index (χ1v) is 6.87. The quantitative estimate of drug-likeness (QED) is 0.928. The summed E-state index contributed by atoms with van der Waals surface area (Å²) in [6.07, 6.45) is 2.80. The number of hydrogen-bond acceptors (Lipinski definition) is 4. The average molecular weight is 274 g/mol. The Morgan fingerprint density at radius 2 is 2.15 bits per heavy atom. The highest BCUT2D eigenvalue weighted by Gasteiger charge is 2.29. The molecule has 0 unspecified atom stereocenters. The fourth-order valence-corrected chi connectivity index (χ4v) is 2.41. The summed E-state index contributed by atoms with van der Waals surface area (Å²) in [5.74, 6) is -0.564. The molecule has 0 bridgehead atoms. The first kappa shape index (κ1) is 13.1. The Hall–Kier alpha value is -1.91. The van der Waals surface area contributed by atoms with Crippen molar-refractivity contribution in [3.8, 4) is 0 Å². The summed E-state index contributed by atoms with van der Waals surface area (Å²) < 4.78 is 5.28. The van der Waals surface area contributed by atoms with Gasteiger partial charge in [-0.3, -0.25) is 0 Å². The summed E-state index contributed by atoms with van der Waals surface area (Å²) in [6, 6.07) is 1.69. The number of carboxylic acid groups (broad SMARTS) is 1. The summed E-state index contributed by atoms with van der Waals surface area (Å²) in [4.78, 5) is 16.0. The molecule has 0 radical (unpaired) electrons. The summed E-state index contributed by atoms with van der Waals surface area (Å²) in [6.45, 7) is 6.25. The van der Waals surface area contributed by atoms with Crippen LogP contribution in [0.25, 0.3) is 11.1 Å². The van der Waals surface area contributed by atoms with Crippen molar-refractivity contribution < 1.29 is 14.4 Å². The first-order valence-electron chi connectivity index (χ1n) is 6.87. The maximum Gasteiger partial charge on any atom is 0.336 e. The second kappa shape index (κ2) is 4.30. The predicted octanol–water partition coefficient (Wildman–Crippen LogP) is 3.39. The molecule has 1 aliphatic carbocycles. The second-order valence-electron chi connectivity index (χ2n) is 6.72. The number of hydrogen-bond donors (Lipinski definition) is 1. The van der Waals surface area contributed by atoms with Crippen LogP contribution in [0.1, 0.15) is 61.3 Å². The summed E-state index contributed by atoms with van der Waals surface area (Å²) in [7, 11) is 0. The molecule has 1 fully saturated rings. The van der Waals surface area contributed by atoms with Crippen molar-refractivity contribution in [1.29, 1.82) is 0 Å². The highest BCUT2D eigenvalue weighted by atomic mass is 16.5. The molecule has 5 heteroatoms. The SMILES string of the molecule is CC(C)(C)Cc1noc2nc(C3CC3)cc(C(=O)O)c12. The van der Waals surface area contributed by atoms with Crippen molar-refractivity contribution in [2.45, 2.75) is 46.0 Å². The van der Waals surface area contributed by atoms with Gasteiger partial charge in [0, 0.05) is 11.6 Å². The lowest BCUT2D eigenvalue weighted by molar-refractivity contribution is 0.0698. The number of carbonyl (C=O) groups is 1. The van der Waals surface area contributed by atoms with Crippen molar-refractivity contribution in [3.63, 3.8) is 0 Å². The van der Waals surface area contributed by atoms with Crippen molar-refractivity contribution >= 4 is 17.1 Å². The van der Waals surface area contributed by atoms with E-state index in [0.29, 0.717) is 29.1 Å². The number of fused-ring (bicyclic) bond motifs is 1. The molecule has 1 aliphatic rings. The minimum Gasteiger partial charge on any atom is -0.478 e. The third-order valence-electron chi connectivity index (χ3n) is 3.46. The second-order valence-corrected chi connectivity index (χ2v) is 6.72. The third-order valence-corrected chi connectivity index (χ3v) is 3.46. The molecular formula is C15H18N2O3. The molecule has 0 aliphatic heterocycles. The average Bonchev–Trinajstić information content (AvgIpc) is 3.11. The molecule has 3 rings (SSSR count). The molecule has 2 aromatic rings. The normalized spacial score (nSPS) is 15.8. The third kappa shape index (κ3) is 2.40. The number of rotatable bonds is 3. The van der Waals surface area contributed by atoms with E-state index in [1.54, 1.807) is 6.07 Å². The van der Waals surface area contributed by atoms with Crippen LogP contribution >= 0.6 is 0 Å². The van der Waals surface area contributed by atoms with E-state index in [1.165, 1.54) is 0 Å². The van der Waals surface area contributed by atoms with Gasteiger partial charge < -0.3 is 9.63 Å². The Morgan fingerprint density at radius 3 is 2.70 bits per heavy atom.